The molecule has 0 saturated heterocycles. The maximum Gasteiger partial charge on any atom is 0.238 e. The first-order valence-corrected chi connectivity index (χ1v) is 7.92. The van der Waals surface area contributed by atoms with Crippen LogP contribution in [0.25, 0.3) is 0 Å². The number of carbonyl (C=O) groups is 1. The molecule has 2 rings (SSSR count). The minimum absolute atomic E-state index is 0.153. The second-order valence-corrected chi connectivity index (χ2v) is 5.79. The number of benzene rings is 2. The van der Waals surface area contributed by atoms with Crippen LogP contribution in [0, 0.1) is 0 Å². The van der Waals surface area contributed by atoms with Gasteiger partial charge in [0, 0.05) is 5.02 Å². The quantitative estimate of drug-likeness (QED) is 0.745. The molecule has 0 spiro atoms. The minimum Gasteiger partial charge on any atom is -0.497 e. The predicted octanol–water partition coefficient (Wildman–Crippen LogP) is 3.77. The molecule has 0 fully saturated rings. The summed E-state index contributed by atoms with van der Waals surface area (Å²) in [6, 6.07) is 12.8. The molecule has 23 heavy (non-hydrogen) atoms. The molecule has 0 heterocycles. The molecule has 6 heteroatoms. The summed E-state index contributed by atoms with van der Waals surface area (Å²) in [5, 5.41) is 6.79. The van der Waals surface area contributed by atoms with Crippen LogP contribution in [0.5, 0.6) is 5.75 Å². The number of halogens is 2. The van der Waals surface area contributed by atoms with Gasteiger partial charge in [-0.2, -0.15) is 0 Å². The van der Waals surface area contributed by atoms with Crippen molar-refractivity contribution in [3.05, 3.63) is 58.1 Å². The summed E-state index contributed by atoms with van der Waals surface area (Å²) in [5.41, 5.74) is 1.70. The maximum absolute atomic E-state index is 11.9. The Kier molecular flexibility index (Phi) is 6.71. The molecule has 0 aliphatic heterocycles. The largest absolute Gasteiger partial charge is 0.497 e. The van der Waals surface area contributed by atoms with Gasteiger partial charge in [-0.05, 0) is 48.9 Å². The van der Waals surface area contributed by atoms with Crippen molar-refractivity contribution in [2.75, 3.05) is 25.5 Å². The van der Waals surface area contributed by atoms with Gasteiger partial charge >= 0.3 is 0 Å². The smallest absolute Gasteiger partial charge is 0.238 e. The van der Waals surface area contributed by atoms with Gasteiger partial charge in [-0.1, -0.05) is 35.3 Å². The van der Waals surface area contributed by atoms with Crippen molar-refractivity contribution in [1.29, 1.82) is 0 Å². The number of methoxy groups -OCH3 is 1. The van der Waals surface area contributed by atoms with E-state index in [2.05, 4.69) is 10.6 Å². The van der Waals surface area contributed by atoms with Crippen LogP contribution < -0.4 is 15.4 Å². The first kappa shape index (κ1) is 17.6. The molecule has 0 aromatic heterocycles. The van der Waals surface area contributed by atoms with E-state index in [-0.39, 0.29) is 12.5 Å². The maximum atomic E-state index is 11.9. The van der Waals surface area contributed by atoms with E-state index in [1.165, 1.54) is 0 Å². The fraction of sp³-hybridized carbons (Fsp3) is 0.235. The Morgan fingerprint density at radius 3 is 2.74 bits per heavy atom. The van der Waals surface area contributed by atoms with Crippen LogP contribution in [0.2, 0.25) is 10.0 Å². The average Bonchev–Trinajstić information content (AvgIpc) is 2.54. The van der Waals surface area contributed by atoms with Crippen LogP contribution in [0.4, 0.5) is 5.69 Å². The Morgan fingerprint density at radius 1 is 1.17 bits per heavy atom. The highest BCUT2D eigenvalue weighted by atomic mass is 35.5. The third-order valence-electron chi connectivity index (χ3n) is 3.22. The number of hydrogen-bond acceptors (Lipinski definition) is 3. The lowest BCUT2D eigenvalue weighted by Gasteiger charge is -2.09. The molecule has 2 N–H and O–H groups in total. The van der Waals surface area contributed by atoms with Crippen molar-refractivity contribution >= 4 is 34.8 Å². The van der Waals surface area contributed by atoms with Gasteiger partial charge in [0.15, 0.2) is 0 Å². The van der Waals surface area contributed by atoms with Crippen LogP contribution in [0.1, 0.15) is 5.56 Å². The molecular weight excluding hydrogens is 335 g/mol. The standard InChI is InChI=1S/C17H18Cl2N2O2/c1-23-14-4-2-3-12(9-14)7-8-20-11-17(22)21-16-6-5-13(18)10-15(16)19/h2-6,9-10,20H,7-8,11H2,1H3,(H,21,22). The highest BCUT2D eigenvalue weighted by molar-refractivity contribution is 6.36. The van der Waals surface area contributed by atoms with E-state index in [9.17, 15) is 4.79 Å². The third-order valence-corrected chi connectivity index (χ3v) is 3.76. The number of hydrogen-bond donors (Lipinski definition) is 2. The Morgan fingerprint density at radius 2 is 2.00 bits per heavy atom. The molecule has 1 amide bonds. The Labute approximate surface area is 145 Å². The van der Waals surface area contributed by atoms with Crippen LogP contribution >= 0.6 is 23.2 Å². The van der Waals surface area contributed by atoms with Gasteiger partial charge in [0.25, 0.3) is 0 Å². The molecule has 0 aliphatic carbocycles. The van der Waals surface area contributed by atoms with E-state index >= 15 is 0 Å². The molecule has 122 valence electrons. The van der Waals surface area contributed by atoms with Gasteiger partial charge in [-0.25, -0.2) is 0 Å². The molecule has 0 bridgehead atoms. The number of ether oxygens (including phenoxy) is 1. The van der Waals surface area contributed by atoms with Crippen molar-refractivity contribution in [2.45, 2.75) is 6.42 Å². The van der Waals surface area contributed by atoms with Crippen molar-refractivity contribution in [2.24, 2.45) is 0 Å². The summed E-state index contributed by atoms with van der Waals surface area (Å²) in [6.07, 6.45) is 0.812. The average molecular weight is 353 g/mol. The molecule has 0 saturated carbocycles. The predicted molar refractivity (Wildman–Crippen MR) is 94.7 cm³/mol. The summed E-state index contributed by atoms with van der Waals surface area (Å²) in [4.78, 5) is 11.9. The van der Waals surface area contributed by atoms with Crippen LogP contribution in [-0.4, -0.2) is 26.1 Å². The van der Waals surface area contributed by atoms with Gasteiger partial charge in [-0.3, -0.25) is 4.79 Å². The van der Waals surface area contributed by atoms with Crippen LogP contribution in [0.15, 0.2) is 42.5 Å². The Balaban J connectivity index is 1.74. The van der Waals surface area contributed by atoms with Gasteiger partial charge in [0.05, 0.1) is 24.4 Å². The van der Waals surface area contributed by atoms with Gasteiger partial charge in [0.2, 0.25) is 5.91 Å². The third kappa shape index (κ3) is 5.75. The lowest BCUT2D eigenvalue weighted by atomic mass is 10.1. The molecule has 0 atom stereocenters. The van der Waals surface area contributed by atoms with Gasteiger partial charge in [0.1, 0.15) is 5.75 Å². The number of carbonyl (C=O) groups excluding carboxylic acids is 1. The van der Waals surface area contributed by atoms with Crippen molar-refractivity contribution in [3.8, 4) is 5.75 Å². The minimum atomic E-state index is -0.153. The Hall–Kier alpha value is -1.75. The van der Waals surface area contributed by atoms with Crippen molar-refractivity contribution in [3.63, 3.8) is 0 Å². The molecule has 4 nitrogen and oxygen atoms in total. The molecule has 2 aromatic rings. The van der Waals surface area contributed by atoms with E-state index in [1.54, 1.807) is 25.3 Å². The summed E-state index contributed by atoms with van der Waals surface area (Å²) in [5.74, 6) is 0.678. The second-order valence-electron chi connectivity index (χ2n) is 4.95. The Bertz CT molecular complexity index is 677. The highest BCUT2D eigenvalue weighted by Crippen LogP contribution is 2.25. The van der Waals surface area contributed by atoms with Gasteiger partial charge < -0.3 is 15.4 Å². The lowest BCUT2D eigenvalue weighted by molar-refractivity contribution is -0.115. The zero-order valence-corrected chi connectivity index (χ0v) is 14.2. The second kappa shape index (κ2) is 8.77. The van der Waals surface area contributed by atoms with E-state index in [1.807, 2.05) is 24.3 Å². The first-order valence-electron chi connectivity index (χ1n) is 7.17. The molecular formula is C17H18Cl2N2O2. The van der Waals surface area contributed by atoms with Crippen molar-refractivity contribution in [1.82, 2.24) is 5.32 Å². The van der Waals surface area contributed by atoms with Gasteiger partial charge in [-0.15, -0.1) is 0 Å². The number of anilines is 1. The van der Waals surface area contributed by atoms with Crippen LogP contribution in [-0.2, 0) is 11.2 Å². The fourth-order valence-electron chi connectivity index (χ4n) is 2.05. The van der Waals surface area contributed by atoms with E-state index < -0.39 is 0 Å². The zero-order valence-electron chi connectivity index (χ0n) is 12.7. The number of nitrogens with one attached hydrogen (secondary N) is 2. The van der Waals surface area contributed by atoms with E-state index in [4.69, 9.17) is 27.9 Å². The molecule has 0 unspecified atom stereocenters. The highest BCUT2D eigenvalue weighted by Gasteiger charge is 2.06. The monoisotopic (exact) mass is 352 g/mol. The fourth-order valence-corrected chi connectivity index (χ4v) is 2.50. The summed E-state index contributed by atoms with van der Waals surface area (Å²) in [6.45, 7) is 0.901. The first-order chi connectivity index (χ1) is 11.1. The zero-order chi connectivity index (χ0) is 16.7. The van der Waals surface area contributed by atoms with E-state index in [0.717, 1.165) is 17.7 Å². The van der Waals surface area contributed by atoms with Crippen LogP contribution in [0.3, 0.4) is 0 Å². The summed E-state index contributed by atoms with van der Waals surface area (Å²) >= 11 is 11.8. The number of rotatable bonds is 7. The molecule has 0 radical (unpaired) electrons. The number of amides is 1. The lowest BCUT2D eigenvalue weighted by Crippen LogP contribution is -2.29. The summed E-state index contributed by atoms with van der Waals surface area (Å²) in [7, 11) is 1.64. The van der Waals surface area contributed by atoms with Crippen molar-refractivity contribution < 1.29 is 9.53 Å². The summed E-state index contributed by atoms with van der Waals surface area (Å²) < 4.78 is 5.18. The normalized spacial score (nSPS) is 10.4. The topological polar surface area (TPSA) is 50.4 Å². The SMILES string of the molecule is COc1cccc(CCNCC(=O)Nc2ccc(Cl)cc2Cl)c1. The van der Waals surface area contributed by atoms with E-state index in [0.29, 0.717) is 22.3 Å². The molecule has 2 aromatic carbocycles. The molecule has 0 aliphatic rings.